The van der Waals surface area contributed by atoms with Crippen molar-refractivity contribution in [2.24, 2.45) is 0 Å². The average molecular weight is 558 g/mol. The predicted molar refractivity (Wildman–Crippen MR) is 169 cm³/mol. The first-order valence-corrected chi connectivity index (χ1v) is 16.2. The molecule has 0 fully saturated rings. The van der Waals surface area contributed by atoms with Crippen molar-refractivity contribution in [3.8, 4) is 23.0 Å². The van der Waals surface area contributed by atoms with E-state index in [1.54, 1.807) is 0 Å². The zero-order valence-corrected chi connectivity index (χ0v) is 24.9. The van der Waals surface area contributed by atoms with Crippen molar-refractivity contribution >= 4 is 23.2 Å². The number of hydrogen-bond acceptors (Lipinski definition) is 4. The molecule has 0 saturated heterocycles. The maximum atomic E-state index is 10.7. The Balaban J connectivity index is 1.38. The van der Waals surface area contributed by atoms with Gasteiger partial charge in [0.05, 0.1) is 20.4 Å². The van der Waals surface area contributed by atoms with Crippen LogP contribution in [0.1, 0.15) is 49.7 Å². The fraction of sp³-hybridized carbons (Fsp3) is 0.314. The number of methoxy groups -OCH3 is 2. The number of rotatable bonds is 14. The van der Waals surface area contributed by atoms with E-state index in [1.165, 1.54) is 49.4 Å². The number of benzene rings is 4. The van der Waals surface area contributed by atoms with Gasteiger partial charge in [-0.15, -0.1) is 0 Å². The minimum atomic E-state index is -1.76. The van der Waals surface area contributed by atoms with E-state index in [4.69, 9.17) is 9.47 Å². The topological polar surface area (TPSA) is 58.9 Å². The molecule has 0 aliphatic heterocycles. The molecule has 0 atom stereocenters. The number of unbranched alkanes of at least 4 members (excludes halogenated alkanes) is 5. The third-order valence-electron chi connectivity index (χ3n) is 7.90. The zero-order valence-electron chi connectivity index (χ0n) is 24.0. The summed E-state index contributed by atoms with van der Waals surface area (Å²) < 4.78 is 10.5. The summed E-state index contributed by atoms with van der Waals surface area (Å²) in [6.45, 7) is 1.81. The smallest absolute Gasteiger partial charge is 0.207 e. The Hall–Kier alpha value is -3.49. The number of phenolic OH excluding ortho intramolecular Hbond substituents is 2. The molecule has 0 aromatic heterocycles. The molecule has 4 aromatic rings. The summed E-state index contributed by atoms with van der Waals surface area (Å²) in [5.41, 5.74) is 1.39. The summed E-state index contributed by atoms with van der Waals surface area (Å²) in [5, 5.41) is 25.6. The molecule has 5 heteroatoms. The van der Waals surface area contributed by atoms with Crippen LogP contribution in [-0.4, -0.2) is 30.6 Å². The van der Waals surface area contributed by atoms with Gasteiger partial charge in [-0.25, -0.2) is 0 Å². The highest BCUT2D eigenvalue weighted by Crippen LogP contribution is 2.56. The van der Waals surface area contributed by atoms with E-state index in [0.717, 1.165) is 31.0 Å². The Bertz CT molecular complexity index is 1240. The third-order valence-corrected chi connectivity index (χ3v) is 12.4. The Labute approximate surface area is 240 Å². The van der Waals surface area contributed by atoms with Gasteiger partial charge in [-0.2, -0.15) is 0 Å². The summed E-state index contributed by atoms with van der Waals surface area (Å²) in [7, 11) is 1.17. The highest BCUT2D eigenvalue weighted by Gasteiger charge is 2.44. The van der Waals surface area contributed by atoms with Crippen LogP contribution in [0.4, 0.5) is 0 Å². The zero-order chi connectivity index (χ0) is 28.4. The van der Waals surface area contributed by atoms with E-state index in [9.17, 15) is 10.2 Å². The van der Waals surface area contributed by atoms with E-state index in [2.05, 4.69) is 91.0 Å². The molecule has 2 N–H and O–H groups in total. The molecule has 4 rings (SSSR count). The second-order valence-corrected chi connectivity index (χ2v) is 13.9. The maximum absolute atomic E-state index is 10.7. The third kappa shape index (κ3) is 6.29. The molecule has 40 heavy (non-hydrogen) atoms. The van der Waals surface area contributed by atoms with Crippen molar-refractivity contribution in [3.63, 3.8) is 0 Å². The Morgan fingerprint density at radius 3 is 1.40 bits per heavy atom. The van der Waals surface area contributed by atoms with E-state index in [0.29, 0.717) is 12.0 Å². The van der Waals surface area contributed by atoms with Crippen molar-refractivity contribution < 1.29 is 19.7 Å². The predicted octanol–water partition coefficient (Wildman–Crippen LogP) is 7.30. The van der Waals surface area contributed by atoms with Gasteiger partial charge in [0, 0.05) is 11.1 Å². The quantitative estimate of drug-likeness (QED) is 0.0970. The maximum Gasteiger partial charge on any atom is 0.207 e. The van der Waals surface area contributed by atoms with Gasteiger partial charge in [0.25, 0.3) is 0 Å². The van der Waals surface area contributed by atoms with Gasteiger partial charge in [-0.05, 0) is 69.0 Å². The van der Waals surface area contributed by atoms with Crippen LogP contribution in [-0.2, 0) is 6.42 Å². The summed E-state index contributed by atoms with van der Waals surface area (Å²) in [4.78, 5) is 0. The molecule has 4 aromatic carbocycles. The highest BCUT2D eigenvalue weighted by molar-refractivity contribution is 7.95. The Morgan fingerprint density at radius 1 is 0.550 bits per heavy atom. The molecule has 4 nitrogen and oxygen atoms in total. The lowest BCUT2D eigenvalue weighted by atomic mass is 9.98. The summed E-state index contributed by atoms with van der Waals surface area (Å²) >= 11 is 0. The van der Waals surface area contributed by atoms with E-state index >= 15 is 0 Å². The Morgan fingerprint density at radius 2 is 0.950 bits per heavy atom. The van der Waals surface area contributed by atoms with Crippen LogP contribution in [0.3, 0.4) is 0 Å². The molecule has 0 unspecified atom stereocenters. The lowest BCUT2D eigenvalue weighted by Crippen LogP contribution is -2.33. The Kier molecular flexibility index (Phi) is 10.5. The fourth-order valence-corrected chi connectivity index (χ4v) is 10.2. The van der Waals surface area contributed by atoms with Crippen LogP contribution in [0.25, 0.3) is 0 Å². The minimum Gasteiger partial charge on any atom is -0.504 e. The van der Waals surface area contributed by atoms with Crippen LogP contribution in [0.2, 0.25) is 0 Å². The lowest BCUT2D eigenvalue weighted by Gasteiger charge is -2.27. The van der Waals surface area contributed by atoms with Gasteiger partial charge in [-0.1, -0.05) is 73.9 Å². The van der Waals surface area contributed by atoms with Crippen molar-refractivity contribution in [1.29, 1.82) is 0 Å². The number of hydrogen-bond donors (Lipinski definition) is 2. The molecular weight excluding hydrogens is 515 g/mol. The molecule has 0 spiro atoms. The minimum absolute atomic E-state index is 0.0363. The molecular formula is C35H42O4P+. The second-order valence-electron chi connectivity index (χ2n) is 10.3. The summed E-state index contributed by atoms with van der Waals surface area (Å²) in [6.07, 6.45) is 8.56. The van der Waals surface area contributed by atoms with Gasteiger partial charge in [0.1, 0.15) is 23.2 Å². The number of phenols is 2. The van der Waals surface area contributed by atoms with E-state index in [1.807, 2.05) is 6.92 Å². The second kappa shape index (κ2) is 14.2. The molecule has 0 heterocycles. The molecule has 0 aliphatic carbocycles. The van der Waals surface area contributed by atoms with Gasteiger partial charge in [0.15, 0.2) is 11.5 Å². The largest absolute Gasteiger partial charge is 0.504 e. The fourth-order valence-electron chi connectivity index (χ4n) is 5.77. The number of ether oxygens (including phenoxy) is 2. The van der Waals surface area contributed by atoms with Crippen LogP contribution >= 0.6 is 7.26 Å². The monoisotopic (exact) mass is 557 g/mol. The molecule has 0 aliphatic rings. The normalized spacial score (nSPS) is 11.4. The molecule has 210 valence electrons. The standard InChI is InChI=1S/C35H41O4P/c1-27-31(33(37)35(39-3)34(38-2)32(27)36)25-17-6-4-5-7-18-26-40(28-19-11-8-12-20-28,29-21-13-9-14-22-29)30-23-15-10-16-24-30/h8-16,19-24H,4-7,17-18,25-26H2,1-3H3,(H-,36,37)/p+1. The lowest BCUT2D eigenvalue weighted by molar-refractivity contribution is 0.313. The number of aromatic hydroxyl groups is 2. The van der Waals surface area contributed by atoms with Gasteiger partial charge in [0.2, 0.25) is 11.5 Å². The van der Waals surface area contributed by atoms with Crippen molar-refractivity contribution in [3.05, 3.63) is 102 Å². The summed E-state index contributed by atoms with van der Waals surface area (Å²) in [6, 6.07) is 33.3. The van der Waals surface area contributed by atoms with E-state index in [-0.39, 0.29) is 23.0 Å². The van der Waals surface area contributed by atoms with Gasteiger partial charge in [-0.3, -0.25) is 0 Å². The summed E-state index contributed by atoms with van der Waals surface area (Å²) in [5.74, 6) is 0.483. The van der Waals surface area contributed by atoms with Crippen LogP contribution in [0.5, 0.6) is 23.0 Å². The average Bonchev–Trinajstić information content (AvgIpc) is 3.01. The van der Waals surface area contributed by atoms with Crippen molar-refractivity contribution in [2.45, 2.75) is 51.9 Å². The molecule has 0 saturated carbocycles. The highest BCUT2D eigenvalue weighted by atomic mass is 31.2. The van der Waals surface area contributed by atoms with Gasteiger partial charge >= 0.3 is 0 Å². The molecule has 0 bridgehead atoms. The van der Waals surface area contributed by atoms with Crippen molar-refractivity contribution in [1.82, 2.24) is 0 Å². The van der Waals surface area contributed by atoms with E-state index < -0.39 is 7.26 Å². The van der Waals surface area contributed by atoms with Crippen molar-refractivity contribution in [2.75, 3.05) is 20.4 Å². The van der Waals surface area contributed by atoms with Crippen LogP contribution in [0.15, 0.2) is 91.0 Å². The SMILES string of the molecule is COc1c(O)c(C)c(CCCCCCCC[P+](c2ccccc2)(c2ccccc2)c2ccccc2)c(O)c1OC. The first-order valence-electron chi connectivity index (χ1n) is 14.2. The molecule has 0 radical (unpaired) electrons. The van der Waals surface area contributed by atoms with Crippen LogP contribution in [0, 0.1) is 6.92 Å². The molecule has 0 amide bonds. The first-order chi connectivity index (χ1) is 19.5. The first kappa shape index (κ1) is 29.5. The van der Waals surface area contributed by atoms with Crippen LogP contribution < -0.4 is 25.4 Å². The van der Waals surface area contributed by atoms with Gasteiger partial charge < -0.3 is 19.7 Å².